The van der Waals surface area contributed by atoms with Gasteiger partial charge in [-0.05, 0) is 43.6 Å². The first-order chi connectivity index (χ1) is 8.15. The van der Waals surface area contributed by atoms with E-state index in [-0.39, 0.29) is 6.04 Å². The van der Waals surface area contributed by atoms with Crippen LogP contribution < -0.4 is 11.1 Å². The Morgan fingerprint density at radius 3 is 2.35 bits per heavy atom. The smallest absolute Gasteiger partial charge is 0.223 e. The monoisotopic (exact) mass is 238 g/mol. The Labute approximate surface area is 105 Å². The second-order valence-electron chi connectivity index (χ2n) is 6.07. The molecular formula is C14H26N2O. The van der Waals surface area contributed by atoms with Gasteiger partial charge in [0.2, 0.25) is 5.91 Å². The zero-order chi connectivity index (χ0) is 12.4. The van der Waals surface area contributed by atoms with E-state index >= 15 is 0 Å². The maximum absolute atomic E-state index is 12.2. The zero-order valence-corrected chi connectivity index (χ0v) is 11.1. The lowest BCUT2D eigenvalue weighted by atomic mass is 10.0. The van der Waals surface area contributed by atoms with E-state index in [1.165, 1.54) is 25.7 Å². The van der Waals surface area contributed by atoms with E-state index < -0.39 is 0 Å². The summed E-state index contributed by atoms with van der Waals surface area (Å²) in [6.07, 6.45) is 6.08. The van der Waals surface area contributed by atoms with Gasteiger partial charge in [-0.3, -0.25) is 4.79 Å². The Morgan fingerprint density at radius 2 is 1.88 bits per heavy atom. The van der Waals surface area contributed by atoms with Gasteiger partial charge in [-0.1, -0.05) is 26.7 Å². The molecule has 0 heterocycles. The van der Waals surface area contributed by atoms with Crippen LogP contribution in [0.15, 0.2) is 0 Å². The van der Waals surface area contributed by atoms with Crippen LogP contribution in [0, 0.1) is 23.7 Å². The van der Waals surface area contributed by atoms with E-state index in [9.17, 15) is 4.79 Å². The molecule has 0 aliphatic heterocycles. The number of rotatable bonds is 5. The van der Waals surface area contributed by atoms with Crippen LogP contribution in [0.2, 0.25) is 0 Å². The van der Waals surface area contributed by atoms with Gasteiger partial charge in [0.15, 0.2) is 0 Å². The Bertz CT molecular complexity index is 265. The first-order valence-electron chi connectivity index (χ1n) is 7.15. The van der Waals surface area contributed by atoms with Gasteiger partial charge in [0, 0.05) is 12.0 Å². The third-order valence-electron chi connectivity index (χ3n) is 4.57. The highest BCUT2D eigenvalue weighted by Gasteiger charge is 2.54. The molecule has 0 bridgehead atoms. The van der Waals surface area contributed by atoms with Gasteiger partial charge in [0.1, 0.15) is 0 Å². The minimum absolute atomic E-state index is 0.259. The molecule has 0 spiro atoms. The summed E-state index contributed by atoms with van der Waals surface area (Å²) in [6.45, 7) is 4.96. The molecule has 0 aromatic heterocycles. The molecule has 0 radical (unpaired) electrons. The second-order valence-corrected chi connectivity index (χ2v) is 6.07. The average molecular weight is 238 g/mol. The van der Waals surface area contributed by atoms with Crippen molar-refractivity contribution in [1.82, 2.24) is 5.32 Å². The fraction of sp³-hybridized carbons (Fsp3) is 0.929. The van der Waals surface area contributed by atoms with Crippen LogP contribution in [0.25, 0.3) is 0 Å². The van der Waals surface area contributed by atoms with E-state index in [2.05, 4.69) is 19.2 Å². The Hall–Kier alpha value is -0.570. The summed E-state index contributed by atoms with van der Waals surface area (Å²) >= 11 is 0. The second kappa shape index (κ2) is 5.38. The van der Waals surface area contributed by atoms with Crippen LogP contribution >= 0.6 is 0 Å². The van der Waals surface area contributed by atoms with Crippen molar-refractivity contribution in [3.05, 3.63) is 0 Å². The molecule has 17 heavy (non-hydrogen) atoms. The fourth-order valence-electron chi connectivity index (χ4n) is 3.41. The SMILES string of the molecule is CC(C)C(CCN)NC(=O)C1C2CCCCC21. The van der Waals surface area contributed by atoms with E-state index in [0.717, 1.165) is 6.42 Å². The van der Waals surface area contributed by atoms with Crippen molar-refractivity contribution in [1.29, 1.82) is 0 Å². The predicted octanol–water partition coefficient (Wildman–Crippen LogP) is 1.91. The standard InChI is InChI=1S/C14H26N2O/c1-9(2)12(7-8-15)16-14(17)13-10-5-3-4-6-11(10)13/h9-13H,3-8,15H2,1-2H3,(H,16,17). The van der Waals surface area contributed by atoms with Crippen molar-refractivity contribution >= 4 is 5.91 Å². The molecule has 0 saturated heterocycles. The molecule has 3 heteroatoms. The number of fused-ring (bicyclic) bond motifs is 1. The number of nitrogens with two attached hydrogens (primary N) is 1. The van der Waals surface area contributed by atoms with Crippen molar-refractivity contribution in [3.8, 4) is 0 Å². The van der Waals surface area contributed by atoms with Crippen molar-refractivity contribution in [2.75, 3.05) is 6.54 Å². The van der Waals surface area contributed by atoms with Crippen LogP contribution in [0.3, 0.4) is 0 Å². The van der Waals surface area contributed by atoms with Crippen LogP contribution in [-0.2, 0) is 4.79 Å². The molecule has 3 atom stereocenters. The molecule has 98 valence electrons. The Balaban J connectivity index is 1.84. The highest BCUT2D eigenvalue weighted by atomic mass is 16.2. The third kappa shape index (κ3) is 2.82. The number of hydrogen-bond acceptors (Lipinski definition) is 2. The molecule has 2 rings (SSSR count). The molecule has 1 amide bonds. The first-order valence-corrected chi connectivity index (χ1v) is 7.15. The molecule has 3 N–H and O–H groups in total. The average Bonchev–Trinajstić information content (AvgIpc) is 3.02. The quantitative estimate of drug-likeness (QED) is 0.768. The van der Waals surface area contributed by atoms with Gasteiger partial charge >= 0.3 is 0 Å². The van der Waals surface area contributed by atoms with Gasteiger partial charge in [-0.15, -0.1) is 0 Å². The third-order valence-corrected chi connectivity index (χ3v) is 4.57. The Kier molecular flexibility index (Phi) is 4.08. The minimum Gasteiger partial charge on any atom is -0.353 e. The van der Waals surface area contributed by atoms with Gasteiger partial charge in [-0.2, -0.15) is 0 Å². The summed E-state index contributed by atoms with van der Waals surface area (Å²) in [5, 5.41) is 3.22. The van der Waals surface area contributed by atoms with Gasteiger partial charge in [0.05, 0.1) is 0 Å². The van der Waals surface area contributed by atoms with Crippen molar-refractivity contribution < 1.29 is 4.79 Å². The van der Waals surface area contributed by atoms with Crippen LogP contribution in [0.1, 0.15) is 46.0 Å². The van der Waals surface area contributed by atoms with Gasteiger partial charge in [0.25, 0.3) is 0 Å². The molecule has 0 aromatic rings. The maximum atomic E-state index is 12.2. The van der Waals surface area contributed by atoms with E-state index in [1.54, 1.807) is 0 Å². The number of carbonyl (C=O) groups excluding carboxylic acids is 1. The number of carbonyl (C=O) groups is 1. The summed E-state index contributed by atoms with van der Waals surface area (Å²) in [6, 6.07) is 0.259. The zero-order valence-electron chi connectivity index (χ0n) is 11.1. The van der Waals surface area contributed by atoms with Crippen LogP contribution in [0.4, 0.5) is 0 Å². The van der Waals surface area contributed by atoms with Crippen molar-refractivity contribution in [2.24, 2.45) is 29.4 Å². The number of amides is 1. The lowest BCUT2D eigenvalue weighted by molar-refractivity contribution is -0.124. The maximum Gasteiger partial charge on any atom is 0.223 e. The van der Waals surface area contributed by atoms with Gasteiger partial charge < -0.3 is 11.1 Å². The van der Waals surface area contributed by atoms with E-state index in [0.29, 0.717) is 36.1 Å². The highest BCUT2D eigenvalue weighted by molar-refractivity contribution is 5.82. The predicted molar refractivity (Wildman–Crippen MR) is 69.4 cm³/mol. The molecule has 2 aliphatic rings. The number of nitrogens with one attached hydrogen (secondary N) is 1. The largest absolute Gasteiger partial charge is 0.353 e. The van der Waals surface area contributed by atoms with E-state index in [4.69, 9.17) is 5.73 Å². The lowest BCUT2D eigenvalue weighted by Gasteiger charge is -2.21. The molecule has 3 unspecified atom stereocenters. The van der Waals surface area contributed by atoms with Crippen molar-refractivity contribution in [3.63, 3.8) is 0 Å². The summed E-state index contributed by atoms with van der Waals surface area (Å²) in [4.78, 5) is 12.2. The Morgan fingerprint density at radius 1 is 1.29 bits per heavy atom. The van der Waals surface area contributed by atoms with Crippen LogP contribution in [-0.4, -0.2) is 18.5 Å². The first kappa shape index (κ1) is 12.9. The summed E-state index contributed by atoms with van der Waals surface area (Å²) < 4.78 is 0. The molecule has 2 saturated carbocycles. The summed E-state index contributed by atoms with van der Waals surface area (Å²) in [5.74, 6) is 2.51. The van der Waals surface area contributed by atoms with Gasteiger partial charge in [-0.25, -0.2) is 0 Å². The molecule has 2 aliphatic carbocycles. The van der Waals surface area contributed by atoms with E-state index in [1.807, 2.05) is 0 Å². The summed E-state index contributed by atoms with van der Waals surface area (Å²) in [5.41, 5.74) is 5.60. The molecular weight excluding hydrogens is 212 g/mol. The lowest BCUT2D eigenvalue weighted by Crippen LogP contribution is -2.41. The normalized spacial score (nSPS) is 33.1. The number of hydrogen-bond donors (Lipinski definition) is 2. The minimum atomic E-state index is 0.259. The summed E-state index contributed by atoms with van der Waals surface area (Å²) in [7, 11) is 0. The van der Waals surface area contributed by atoms with Crippen molar-refractivity contribution in [2.45, 2.75) is 52.0 Å². The van der Waals surface area contributed by atoms with Crippen LogP contribution in [0.5, 0.6) is 0 Å². The molecule has 3 nitrogen and oxygen atoms in total. The molecule has 0 aromatic carbocycles. The molecule has 2 fully saturated rings. The fourth-order valence-corrected chi connectivity index (χ4v) is 3.41. The highest BCUT2D eigenvalue weighted by Crippen LogP contribution is 2.55. The topological polar surface area (TPSA) is 55.1 Å².